The van der Waals surface area contributed by atoms with Crippen molar-refractivity contribution in [2.45, 2.75) is 31.8 Å². The highest BCUT2D eigenvalue weighted by Crippen LogP contribution is 2.19. The van der Waals surface area contributed by atoms with Crippen LogP contribution in [0.5, 0.6) is 0 Å². The van der Waals surface area contributed by atoms with E-state index in [4.69, 9.17) is 5.84 Å². The molecule has 2 aromatic rings. The topological polar surface area (TPSA) is 103 Å². The molecule has 1 aromatic heterocycles. The van der Waals surface area contributed by atoms with Crippen LogP contribution in [0, 0.1) is 0 Å². The number of anilines is 1. The monoisotopic (exact) mass is 333 g/mol. The number of nitrogen functional groups attached to an aromatic ring is 1. The van der Waals surface area contributed by atoms with Gasteiger partial charge in [-0.05, 0) is 19.1 Å². The standard InChI is InChI=1S/C15H19N5O2S/c1-9(2)14-18-19-15(20(14)16)23-8-13(22)17-12-6-4-5-11(7-12)10(3)21/h4-7,9H,8,16H2,1-3H3,(H,17,22). The molecule has 8 heteroatoms. The zero-order valence-electron chi connectivity index (χ0n) is 13.2. The van der Waals surface area contributed by atoms with Crippen molar-refractivity contribution in [3.8, 4) is 0 Å². The molecule has 2 rings (SSSR count). The SMILES string of the molecule is CC(=O)c1cccc(NC(=O)CSc2nnc(C(C)C)n2N)c1. The van der Waals surface area contributed by atoms with Gasteiger partial charge in [-0.2, -0.15) is 0 Å². The molecule has 0 atom stereocenters. The van der Waals surface area contributed by atoms with Gasteiger partial charge in [0.15, 0.2) is 11.6 Å². The second kappa shape index (κ2) is 7.28. The Morgan fingerprint density at radius 1 is 1.35 bits per heavy atom. The lowest BCUT2D eigenvalue weighted by atomic mass is 10.1. The first-order valence-corrected chi connectivity index (χ1v) is 8.11. The molecule has 0 saturated carbocycles. The smallest absolute Gasteiger partial charge is 0.234 e. The van der Waals surface area contributed by atoms with Gasteiger partial charge in [0, 0.05) is 17.2 Å². The van der Waals surface area contributed by atoms with Gasteiger partial charge in [-0.25, -0.2) is 4.68 Å². The van der Waals surface area contributed by atoms with Crippen molar-refractivity contribution in [2.24, 2.45) is 0 Å². The van der Waals surface area contributed by atoms with Gasteiger partial charge >= 0.3 is 0 Å². The van der Waals surface area contributed by atoms with E-state index in [1.807, 2.05) is 13.8 Å². The Bertz CT molecular complexity index is 726. The van der Waals surface area contributed by atoms with E-state index in [0.717, 1.165) is 0 Å². The molecule has 3 N–H and O–H groups in total. The van der Waals surface area contributed by atoms with E-state index < -0.39 is 0 Å². The molecule has 23 heavy (non-hydrogen) atoms. The summed E-state index contributed by atoms with van der Waals surface area (Å²) in [7, 11) is 0. The number of aromatic nitrogens is 3. The van der Waals surface area contributed by atoms with Gasteiger partial charge < -0.3 is 11.2 Å². The van der Waals surface area contributed by atoms with Gasteiger partial charge in [0.05, 0.1) is 5.75 Å². The van der Waals surface area contributed by atoms with Crippen molar-refractivity contribution in [1.82, 2.24) is 14.9 Å². The quantitative estimate of drug-likeness (QED) is 0.476. The van der Waals surface area contributed by atoms with Crippen LogP contribution in [-0.4, -0.2) is 32.3 Å². The zero-order valence-corrected chi connectivity index (χ0v) is 14.1. The van der Waals surface area contributed by atoms with Crippen LogP contribution in [0.2, 0.25) is 0 Å². The van der Waals surface area contributed by atoms with Gasteiger partial charge in [0.25, 0.3) is 0 Å². The summed E-state index contributed by atoms with van der Waals surface area (Å²) in [6.45, 7) is 5.42. The molecule has 0 saturated heterocycles. The van der Waals surface area contributed by atoms with Gasteiger partial charge in [0.2, 0.25) is 11.1 Å². The summed E-state index contributed by atoms with van der Waals surface area (Å²) >= 11 is 1.21. The number of nitrogens with zero attached hydrogens (tertiary/aromatic N) is 3. The first-order chi connectivity index (χ1) is 10.9. The molecule has 7 nitrogen and oxygen atoms in total. The minimum absolute atomic E-state index is 0.0482. The summed E-state index contributed by atoms with van der Waals surface area (Å²) in [5.74, 6) is 6.62. The molecule has 0 bridgehead atoms. The predicted octanol–water partition coefficient (Wildman–Crippen LogP) is 2.05. The first kappa shape index (κ1) is 17.0. The zero-order chi connectivity index (χ0) is 17.0. The van der Waals surface area contributed by atoms with Crippen LogP contribution in [0.4, 0.5) is 5.69 Å². The molecule has 0 aliphatic carbocycles. The minimum Gasteiger partial charge on any atom is -0.336 e. The first-order valence-electron chi connectivity index (χ1n) is 7.12. The summed E-state index contributed by atoms with van der Waals surface area (Å²) in [5, 5.41) is 11.2. The Balaban J connectivity index is 1.95. The predicted molar refractivity (Wildman–Crippen MR) is 90.1 cm³/mol. The van der Waals surface area contributed by atoms with Crippen LogP contribution < -0.4 is 11.2 Å². The van der Waals surface area contributed by atoms with Crippen LogP contribution in [0.25, 0.3) is 0 Å². The normalized spacial score (nSPS) is 10.8. The highest BCUT2D eigenvalue weighted by molar-refractivity contribution is 7.99. The third-order valence-corrected chi connectivity index (χ3v) is 4.04. The number of amides is 1. The Kier molecular flexibility index (Phi) is 5.38. The fraction of sp³-hybridized carbons (Fsp3) is 0.333. The number of nitrogens with two attached hydrogens (primary N) is 1. The summed E-state index contributed by atoms with van der Waals surface area (Å²) in [6.07, 6.45) is 0. The molecule has 0 aliphatic heterocycles. The van der Waals surface area contributed by atoms with E-state index in [1.165, 1.54) is 23.4 Å². The van der Waals surface area contributed by atoms with E-state index in [9.17, 15) is 9.59 Å². The number of hydrogen-bond acceptors (Lipinski definition) is 6. The van der Waals surface area contributed by atoms with E-state index >= 15 is 0 Å². The maximum Gasteiger partial charge on any atom is 0.234 e. The molecule has 1 heterocycles. The lowest BCUT2D eigenvalue weighted by Gasteiger charge is -2.07. The summed E-state index contributed by atoms with van der Waals surface area (Å²) in [5.41, 5.74) is 1.14. The Labute approximate surface area is 138 Å². The Hall–Kier alpha value is -2.35. The number of nitrogens with one attached hydrogen (secondary N) is 1. The van der Waals surface area contributed by atoms with Crippen LogP contribution in [0.15, 0.2) is 29.4 Å². The molecular formula is C15H19N5O2S. The maximum absolute atomic E-state index is 12.0. The molecule has 122 valence electrons. The number of carbonyl (C=O) groups excluding carboxylic acids is 2. The second-order valence-corrected chi connectivity index (χ2v) is 6.28. The molecule has 0 unspecified atom stereocenters. The van der Waals surface area contributed by atoms with Crippen molar-refractivity contribution in [3.05, 3.63) is 35.7 Å². The lowest BCUT2D eigenvalue weighted by Crippen LogP contribution is -2.17. The van der Waals surface area contributed by atoms with E-state index in [2.05, 4.69) is 15.5 Å². The third-order valence-electron chi connectivity index (χ3n) is 3.09. The molecule has 1 aromatic carbocycles. The van der Waals surface area contributed by atoms with Crippen molar-refractivity contribution in [1.29, 1.82) is 0 Å². The van der Waals surface area contributed by atoms with Crippen LogP contribution >= 0.6 is 11.8 Å². The fourth-order valence-corrected chi connectivity index (χ4v) is 2.59. The second-order valence-electron chi connectivity index (χ2n) is 5.34. The van der Waals surface area contributed by atoms with Crippen LogP contribution in [-0.2, 0) is 4.79 Å². The van der Waals surface area contributed by atoms with Crippen LogP contribution in [0.3, 0.4) is 0 Å². The summed E-state index contributed by atoms with van der Waals surface area (Å²) < 4.78 is 1.40. The number of hydrogen-bond donors (Lipinski definition) is 2. The molecule has 0 radical (unpaired) electrons. The van der Waals surface area contributed by atoms with Crippen molar-refractivity contribution in [3.63, 3.8) is 0 Å². The lowest BCUT2D eigenvalue weighted by molar-refractivity contribution is -0.113. The maximum atomic E-state index is 12.0. The third kappa shape index (κ3) is 4.32. The Morgan fingerprint density at radius 2 is 2.09 bits per heavy atom. The molecule has 0 aliphatic rings. The molecular weight excluding hydrogens is 314 g/mol. The average molecular weight is 333 g/mol. The minimum atomic E-state index is -0.204. The van der Waals surface area contributed by atoms with Crippen molar-refractivity contribution >= 4 is 29.1 Å². The molecule has 0 fully saturated rings. The number of thioether (sulfide) groups is 1. The highest BCUT2D eigenvalue weighted by Gasteiger charge is 2.14. The average Bonchev–Trinajstić information content (AvgIpc) is 2.86. The largest absolute Gasteiger partial charge is 0.336 e. The number of ketones is 1. The summed E-state index contributed by atoms with van der Waals surface area (Å²) in [6, 6.07) is 6.81. The van der Waals surface area contributed by atoms with E-state index in [-0.39, 0.29) is 23.4 Å². The number of benzene rings is 1. The number of rotatable bonds is 6. The van der Waals surface area contributed by atoms with Crippen molar-refractivity contribution < 1.29 is 9.59 Å². The summed E-state index contributed by atoms with van der Waals surface area (Å²) in [4.78, 5) is 23.3. The van der Waals surface area contributed by atoms with Crippen LogP contribution in [0.1, 0.15) is 42.9 Å². The van der Waals surface area contributed by atoms with Gasteiger partial charge in [-0.3, -0.25) is 9.59 Å². The Morgan fingerprint density at radius 3 is 2.70 bits per heavy atom. The number of Topliss-reactive ketones (excluding diaryl/α,β-unsaturated/α-hetero) is 1. The molecule has 0 spiro atoms. The van der Waals surface area contributed by atoms with Crippen molar-refractivity contribution in [2.75, 3.05) is 16.9 Å². The highest BCUT2D eigenvalue weighted by atomic mass is 32.2. The fourth-order valence-electron chi connectivity index (χ4n) is 1.92. The van der Waals surface area contributed by atoms with Gasteiger partial charge in [0.1, 0.15) is 0 Å². The van der Waals surface area contributed by atoms with E-state index in [0.29, 0.717) is 22.2 Å². The van der Waals surface area contributed by atoms with Gasteiger partial charge in [-0.15, -0.1) is 10.2 Å². The van der Waals surface area contributed by atoms with E-state index in [1.54, 1.807) is 24.3 Å². The van der Waals surface area contributed by atoms with Gasteiger partial charge in [-0.1, -0.05) is 37.7 Å². The number of carbonyl (C=O) groups is 2. The molecule has 1 amide bonds.